The number of aromatic amines is 1. The van der Waals surface area contributed by atoms with Gasteiger partial charge in [-0.3, -0.25) is 0 Å². The summed E-state index contributed by atoms with van der Waals surface area (Å²) in [5.41, 5.74) is 0. The van der Waals surface area contributed by atoms with E-state index in [4.69, 9.17) is 0 Å². The van der Waals surface area contributed by atoms with Gasteiger partial charge in [-0.25, -0.2) is 0 Å². The molecule has 0 saturated heterocycles. The van der Waals surface area contributed by atoms with Gasteiger partial charge in [0, 0.05) is 12.4 Å². The zero-order valence-corrected chi connectivity index (χ0v) is 7.05. The minimum absolute atomic E-state index is 0. The van der Waals surface area contributed by atoms with Crippen molar-refractivity contribution < 1.29 is 0 Å². The van der Waals surface area contributed by atoms with E-state index >= 15 is 0 Å². The molecule has 2 heterocycles. The lowest BCUT2D eigenvalue weighted by Gasteiger charge is -1.49. The van der Waals surface area contributed by atoms with Crippen LogP contribution in [0.1, 0.15) is 0 Å². The van der Waals surface area contributed by atoms with E-state index < -0.39 is 0 Å². The zero-order valence-electron chi connectivity index (χ0n) is 6.23. The van der Waals surface area contributed by atoms with Crippen LogP contribution in [0.3, 0.4) is 0 Å². The molecule has 0 aliphatic carbocycles. The Balaban J connectivity index is 0.000000167. The van der Waals surface area contributed by atoms with Crippen molar-refractivity contribution in [3.8, 4) is 0 Å². The Morgan fingerprint density at radius 2 is 1.36 bits per heavy atom. The van der Waals surface area contributed by atoms with Crippen molar-refractivity contribution >= 4 is 11.3 Å². The molecule has 0 radical (unpaired) electrons. The molecule has 0 amide bonds. The van der Waals surface area contributed by atoms with Crippen molar-refractivity contribution in [3.05, 3.63) is 47.4 Å². The Morgan fingerprint density at radius 3 is 1.55 bits per heavy atom. The maximum Gasteiger partial charge on any atom is 0.000496 e. The van der Waals surface area contributed by atoms with Gasteiger partial charge in [0.05, 0.1) is 0 Å². The lowest BCUT2D eigenvalue weighted by molar-refractivity contribution is 1.42. The summed E-state index contributed by atoms with van der Waals surface area (Å²) in [5, 5.41) is 4.08. The Morgan fingerprint density at radius 1 is 0.818 bits per heavy atom. The zero-order chi connectivity index (χ0) is 7.07. The Bertz CT molecular complexity index is 151. The van der Waals surface area contributed by atoms with Gasteiger partial charge in [0.15, 0.2) is 0 Å². The quantitative estimate of drug-likeness (QED) is 0.624. The van der Waals surface area contributed by atoms with E-state index in [1.807, 2.05) is 47.4 Å². The molecule has 2 aromatic rings. The van der Waals surface area contributed by atoms with E-state index in [1.54, 1.807) is 11.3 Å². The smallest absolute Gasteiger partial charge is 0.000496 e. The largest absolute Gasteiger partial charge is 0.368 e. The summed E-state index contributed by atoms with van der Waals surface area (Å²) in [4.78, 5) is 2.86. The number of aromatic nitrogens is 1. The Kier molecular flexibility index (Phi) is 6.37. The minimum Gasteiger partial charge on any atom is -0.368 e. The maximum atomic E-state index is 2.86. The van der Waals surface area contributed by atoms with Crippen molar-refractivity contribution in [3.63, 3.8) is 0 Å². The van der Waals surface area contributed by atoms with E-state index in [-0.39, 0.29) is 6.15 Å². The first-order chi connectivity index (χ1) is 5.00. The topological polar surface area (TPSA) is 50.8 Å². The summed E-state index contributed by atoms with van der Waals surface area (Å²) in [6, 6.07) is 7.93. The minimum atomic E-state index is 0. The molecule has 0 aliphatic heterocycles. The molecule has 0 aliphatic rings. The second-order valence-corrected chi connectivity index (χ2v) is 2.49. The number of rotatable bonds is 0. The third kappa shape index (κ3) is 5.39. The van der Waals surface area contributed by atoms with Gasteiger partial charge in [-0.15, -0.1) is 0 Å². The third-order valence-electron chi connectivity index (χ3n) is 0.921. The summed E-state index contributed by atoms with van der Waals surface area (Å²) < 4.78 is 0. The molecule has 11 heavy (non-hydrogen) atoms. The molecule has 0 bridgehead atoms. The first-order valence-electron chi connectivity index (χ1n) is 3.05. The molecule has 0 atom stereocenters. The molecule has 0 aromatic carbocycles. The highest BCUT2D eigenvalue weighted by Crippen LogP contribution is 1.91. The fourth-order valence-electron chi connectivity index (χ4n) is 0.505. The van der Waals surface area contributed by atoms with Gasteiger partial charge in [-0.05, 0) is 22.9 Å². The monoisotopic (exact) mass is 168 g/mol. The normalized spacial score (nSPS) is 7.27. The van der Waals surface area contributed by atoms with Crippen LogP contribution in [-0.2, 0) is 0 Å². The van der Waals surface area contributed by atoms with Crippen LogP contribution in [-0.4, -0.2) is 4.98 Å². The van der Waals surface area contributed by atoms with Crippen LogP contribution in [0.25, 0.3) is 0 Å². The second kappa shape index (κ2) is 7.05. The lowest BCUT2D eigenvalue weighted by Crippen LogP contribution is -1.38. The van der Waals surface area contributed by atoms with Gasteiger partial charge in [-0.2, -0.15) is 11.3 Å². The molecule has 0 saturated carbocycles. The highest BCUT2D eigenvalue weighted by molar-refractivity contribution is 7.07. The molecule has 2 aromatic heterocycles. The number of hydrogen-bond donors (Lipinski definition) is 2. The van der Waals surface area contributed by atoms with Gasteiger partial charge in [0.2, 0.25) is 0 Å². The van der Waals surface area contributed by atoms with Gasteiger partial charge in [-0.1, -0.05) is 12.1 Å². The molecular weight excluding hydrogens is 156 g/mol. The summed E-state index contributed by atoms with van der Waals surface area (Å²) in [5.74, 6) is 0. The number of hydrogen-bond acceptors (Lipinski definition) is 2. The van der Waals surface area contributed by atoms with Gasteiger partial charge in [0.1, 0.15) is 0 Å². The first kappa shape index (κ1) is 9.94. The lowest BCUT2D eigenvalue weighted by atomic mass is 10.7. The molecule has 60 valence electrons. The molecule has 2 nitrogen and oxygen atoms in total. The van der Waals surface area contributed by atoms with Crippen LogP contribution < -0.4 is 6.15 Å². The number of nitrogens with one attached hydrogen (secondary N) is 1. The summed E-state index contributed by atoms with van der Waals surface area (Å²) in [7, 11) is 0. The molecule has 0 unspecified atom stereocenters. The van der Waals surface area contributed by atoms with Gasteiger partial charge in [0.25, 0.3) is 0 Å². The van der Waals surface area contributed by atoms with Gasteiger partial charge >= 0.3 is 0 Å². The van der Waals surface area contributed by atoms with Gasteiger partial charge < -0.3 is 11.1 Å². The number of thiophene rings is 1. The predicted molar refractivity (Wildman–Crippen MR) is 50.1 cm³/mol. The van der Waals surface area contributed by atoms with Crippen LogP contribution in [0.4, 0.5) is 0 Å². The standard InChI is InChI=1S/C4H5N.C4H4S.H3N/c2*1-2-4-5-3-1;/h1-5H;1-4H;1H3. The summed E-state index contributed by atoms with van der Waals surface area (Å²) >= 11 is 1.71. The van der Waals surface area contributed by atoms with E-state index in [0.717, 1.165) is 0 Å². The second-order valence-electron chi connectivity index (χ2n) is 1.68. The van der Waals surface area contributed by atoms with Crippen molar-refractivity contribution in [1.29, 1.82) is 0 Å². The highest BCUT2D eigenvalue weighted by atomic mass is 32.1. The third-order valence-corrected chi connectivity index (χ3v) is 1.55. The van der Waals surface area contributed by atoms with E-state index in [1.165, 1.54) is 0 Å². The highest BCUT2D eigenvalue weighted by Gasteiger charge is 1.58. The summed E-state index contributed by atoms with van der Waals surface area (Å²) in [6.45, 7) is 0. The average molecular weight is 168 g/mol. The summed E-state index contributed by atoms with van der Waals surface area (Å²) in [6.07, 6.45) is 3.75. The molecule has 4 N–H and O–H groups in total. The first-order valence-corrected chi connectivity index (χ1v) is 3.99. The van der Waals surface area contributed by atoms with Crippen LogP contribution in [0.2, 0.25) is 0 Å². The van der Waals surface area contributed by atoms with Crippen molar-refractivity contribution in [2.45, 2.75) is 0 Å². The van der Waals surface area contributed by atoms with Crippen LogP contribution in [0.15, 0.2) is 47.4 Å². The molecule has 0 spiro atoms. The number of H-pyrrole nitrogens is 1. The molecule has 3 heteroatoms. The predicted octanol–water partition coefficient (Wildman–Crippen LogP) is 2.92. The van der Waals surface area contributed by atoms with E-state index in [2.05, 4.69) is 4.98 Å². The fraction of sp³-hybridized carbons (Fsp3) is 0. The fourth-order valence-corrected chi connectivity index (χ4v) is 0.958. The van der Waals surface area contributed by atoms with Crippen LogP contribution in [0, 0.1) is 0 Å². The van der Waals surface area contributed by atoms with E-state index in [0.29, 0.717) is 0 Å². The Hall–Kier alpha value is -1.06. The van der Waals surface area contributed by atoms with Crippen molar-refractivity contribution in [1.82, 2.24) is 11.1 Å². The maximum absolute atomic E-state index is 2.86. The van der Waals surface area contributed by atoms with E-state index in [9.17, 15) is 0 Å². The van der Waals surface area contributed by atoms with Crippen molar-refractivity contribution in [2.24, 2.45) is 0 Å². The molecule has 0 fully saturated rings. The molecular formula is C8H12N2S. The average Bonchev–Trinajstić information content (AvgIpc) is 2.67. The van der Waals surface area contributed by atoms with Crippen LogP contribution in [0.5, 0.6) is 0 Å². The molecule has 2 rings (SSSR count). The van der Waals surface area contributed by atoms with Crippen LogP contribution >= 0.6 is 11.3 Å². The van der Waals surface area contributed by atoms with Crippen molar-refractivity contribution in [2.75, 3.05) is 0 Å². The SMILES string of the molecule is N.c1cc[nH]c1.c1ccsc1. The Labute approximate surface area is 70.5 Å².